The highest BCUT2D eigenvalue weighted by atomic mass is 16.6. The molecular formula is C10H13N3O2. The molecular weight excluding hydrogens is 194 g/mol. The van der Waals surface area contributed by atoms with E-state index in [4.69, 9.17) is 0 Å². The van der Waals surface area contributed by atoms with Crippen LogP contribution in [0.5, 0.6) is 5.95 Å². The van der Waals surface area contributed by atoms with Crippen molar-refractivity contribution in [2.24, 2.45) is 0 Å². The molecule has 80 valence electrons. The van der Waals surface area contributed by atoms with E-state index in [1.54, 1.807) is 0 Å². The van der Waals surface area contributed by atoms with Crippen molar-refractivity contribution in [1.82, 2.24) is 11.4 Å². The van der Waals surface area contributed by atoms with Gasteiger partial charge in [-0.1, -0.05) is 12.1 Å². The smallest absolute Gasteiger partial charge is 0.242 e. The van der Waals surface area contributed by atoms with Crippen LogP contribution in [0.15, 0.2) is 28.9 Å². The van der Waals surface area contributed by atoms with Gasteiger partial charge < -0.3 is 15.8 Å². The first-order chi connectivity index (χ1) is 6.66. The first-order valence-corrected chi connectivity index (χ1v) is 4.30. The van der Waals surface area contributed by atoms with E-state index in [1.165, 1.54) is 10.9 Å². The van der Waals surface area contributed by atoms with E-state index < -0.39 is 5.95 Å². The minimum Gasteiger partial charge on any atom is -0.539 e. The summed E-state index contributed by atoms with van der Waals surface area (Å²) in [5.41, 5.74) is 3.04. The highest BCUT2D eigenvalue weighted by Gasteiger charge is 2.12. The molecule has 5 nitrogen and oxygen atoms in total. The number of aromatic nitrogens is 2. The van der Waals surface area contributed by atoms with Crippen LogP contribution in [-0.2, 0) is 0 Å². The van der Waals surface area contributed by atoms with Crippen LogP contribution in [0.4, 0.5) is 0 Å². The van der Waals surface area contributed by atoms with Crippen LogP contribution in [0, 0.1) is 13.8 Å². The summed E-state index contributed by atoms with van der Waals surface area (Å²) in [6.07, 6.45) is 1.32. The lowest BCUT2D eigenvalue weighted by Crippen LogP contribution is -2.32. The first-order valence-electron chi connectivity index (χ1n) is 4.30. The number of hydrogen-bond donors (Lipinski definition) is 1. The third kappa shape index (κ3) is 2.13. The summed E-state index contributed by atoms with van der Waals surface area (Å²) in [4.78, 5) is 0. The fourth-order valence-electron chi connectivity index (χ4n) is 1.31. The highest BCUT2D eigenvalue weighted by Crippen LogP contribution is 2.10. The first kappa shape index (κ1) is 11.2. The van der Waals surface area contributed by atoms with Gasteiger partial charge in [-0.2, -0.15) is 0 Å². The van der Waals surface area contributed by atoms with E-state index in [0.717, 1.165) is 16.8 Å². The van der Waals surface area contributed by atoms with Crippen molar-refractivity contribution in [2.45, 2.75) is 13.8 Å². The second kappa shape index (κ2) is 4.10. The molecule has 2 aromatic rings. The minimum absolute atomic E-state index is 0. The van der Waals surface area contributed by atoms with Gasteiger partial charge in [0.25, 0.3) is 0 Å². The maximum absolute atomic E-state index is 10.8. The lowest BCUT2D eigenvalue weighted by Gasteiger charge is -1.96. The second-order valence-corrected chi connectivity index (χ2v) is 3.26. The molecule has 0 aliphatic carbocycles. The predicted molar refractivity (Wildman–Crippen MR) is 52.0 cm³/mol. The van der Waals surface area contributed by atoms with E-state index in [9.17, 15) is 5.11 Å². The van der Waals surface area contributed by atoms with Gasteiger partial charge >= 0.3 is 0 Å². The van der Waals surface area contributed by atoms with Crippen molar-refractivity contribution in [2.75, 3.05) is 0 Å². The summed E-state index contributed by atoms with van der Waals surface area (Å²) in [5.74, 6) is -0.439. The molecule has 2 rings (SSSR count). The van der Waals surface area contributed by atoms with Crippen LogP contribution in [-0.4, -0.2) is 5.27 Å². The van der Waals surface area contributed by atoms with Crippen LogP contribution in [0.3, 0.4) is 0 Å². The van der Waals surface area contributed by atoms with Gasteiger partial charge in [0.05, 0.1) is 5.27 Å². The lowest BCUT2D eigenvalue weighted by molar-refractivity contribution is -0.670. The number of rotatable bonds is 1. The Labute approximate surface area is 87.5 Å². The van der Waals surface area contributed by atoms with Crippen molar-refractivity contribution in [3.05, 3.63) is 35.5 Å². The Morgan fingerprint density at radius 1 is 1.33 bits per heavy atom. The summed E-state index contributed by atoms with van der Waals surface area (Å²) in [6, 6.07) is 5.95. The summed E-state index contributed by atoms with van der Waals surface area (Å²) in [6.45, 7) is 3.95. The molecule has 0 amide bonds. The van der Waals surface area contributed by atoms with E-state index in [-0.39, 0.29) is 6.15 Å². The van der Waals surface area contributed by atoms with Gasteiger partial charge in [-0.15, -0.1) is 0 Å². The van der Waals surface area contributed by atoms with Crippen LogP contribution in [0.2, 0.25) is 0 Å². The average molecular weight is 207 g/mol. The maximum atomic E-state index is 10.8. The number of nitrogens with zero attached hydrogens (tertiary/aromatic N) is 2. The van der Waals surface area contributed by atoms with E-state index in [2.05, 4.69) is 9.79 Å². The number of aryl methyl sites for hydroxylation is 2. The van der Waals surface area contributed by atoms with Crippen molar-refractivity contribution < 1.29 is 14.3 Å². The quantitative estimate of drug-likeness (QED) is 0.700. The molecule has 0 bridgehead atoms. The Balaban J connectivity index is 0.00000112. The zero-order chi connectivity index (χ0) is 10.1. The molecule has 0 unspecified atom stereocenters. The average Bonchev–Trinajstić information content (AvgIpc) is 2.56. The molecule has 1 aromatic heterocycles. The summed E-state index contributed by atoms with van der Waals surface area (Å²) >= 11 is 0. The molecule has 0 spiro atoms. The Bertz CT molecular complexity index is 465. The molecule has 0 saturated heterocycles. The third-order valence-electron chi connectivity index (χ3n) is 2.06. The van der Waals surface area contributed by atoms with Crippen LogP contribution < -0.4 is 15.9 Å². The molecule has 0 atom stereocenters. The molecule has 0 radical (unpaired) electrons. The molecule has 3 N–H and O–H groups in total. The van der Waals surface area contributed by atoms with Gasteiger partial charge in [0.15, 0.2) is 0 Å². The Hall–Kier alpha value is -1.88. The molecule has 0 aliphatic rings. The van der Waals surface area contributed by atoms with Crippen LogP contribution in [0.1, 0.15) is 11.1 Å². The molecule has 5 heteroatoms. The van der Waals surface area contributed by atoms with Gasteiger partial charge in [0.2, 0.25) is 11.9 Å². The monoisotopic (exact) mass is 207 g/mol. The van der Waals surface area contributed by atoms with E-state index in [0.29, 0.717) is 0 Å². The van der Waals surface area contributed by atoms with Crippen molar-refractivity contribution in [1.29, 1.82) is 0 Å². The fraction of sp³-hybridized carbons (Fsp3) is 0.200. The molecule has 1 aromatic carbocycles. The Kier molecular flexibility index (Phi) is 3.06. The van der Waals surface area contributed by atoms with E-state index in [1.807, 2.05) is 32.0 Å². The summed E-state index contributed by atoms with van der Waals surface area (Å²) < 4.78 is 5.92. The fourth-order valence-corrected chi connectivity index (χ4v) is 1.31. The van der Waals surface area contributed by atoms with Crippen molar-refractivity contribution in [3.8, 4) is 11.6 Å². The summed E-state index contributed by atoms with van der Waals surface area (Å²) in [7, 11) is 0. The molecule has 0 saturated carbocycles. The van der Waals surface area contributed by atoms with Crippen molar-refractivity contribution in [3.63, 3.8) is 0 Å². The standard InChI is InChI=1S/C10H10N2O2.H3N/c1-7-3-4-8(2)9(5-7)12-6-10(13)14-11-12;/h3-6H,1-2H3;1H3. The maximum Gasteiger partial charge on any atom is 0.242 e. The van der Waals surface area contributed by atoms with Crippen LogP contribution >= 0.6 is 0 Å². The SMILES string of the molecule is Cc1ccc(C)c(-[n+]2cc([O-])on2)c1.N. The minimum atomic E-state index is -0.439. The Morgan fingerprint density at radius 2 is 2.07 bits per heavy atom. The van der Waals surface area contributed by atoms with E-state index >= 15 is 0 Å². The van der Waals surface area contributed by atoms with Gasteiger partial charge in [-0.25, -0.2) is 0 Å². The molecule has 15 heavy (non-hydrogen) atoms. The Morgan fingerprint density at radius 3 is 2.67 bits per heavy atom. The predicted octanol–water partition coefficient (Wildman–Crippen LogP) is 0.804. The van der Waals surface area contributed by atoms with Gasteiger partial charge in [-0.3, -0.25) is 0 Å². The van der Waals surface area contributed by atoms with Crippen LogP contribution in [0.25, 0.3) is 5.69 Å². The van der Waals surface area contributed by atoms with Crippen molar-refractivity contribution >= 4 is 0 Å². The molecule has 0 aliphatic heterocycles. The zero-order valence-electron chi connectivity index (χ0n) is 8.73. The number of benzene rings is 1. The topological polar surface area (TPSA) is 88.0 Å². The van der Waals surface area contributed by atoms with Gasteiger partial charge in [-0.05, 0) is 24.1 Å². The summed E-state index contributed by atoms with van der Waals surface area (Å²) in [5, 5.41) is 14.4. The normalized spacial score (nSPS) is 9.73. The highest BCUT2D eigenvalue weighted by molar-refractivity contribution is 5.35. The zero-order valence-corrected chi connectivity index (χ0v) is 8.73. The number of hydrogen-bond acceptors (Lipinski definition) is 4. The largest absolute Gasteiger partial charge is 0.539 e. The lowest BCUT2D eigenvalue weighted by atomic mass is 10.1. The van der Waals surface area contributed by atoms with Gasteiger partial charge in [0, 0.05) is 11.6 Å². The third-order valence-corrected chi connectivity index (χ3v) is 2.06. The molecule has 1 heterocycles. The van der Waals surface area contributed by atoms with Gasteiger partial charge in [0.1, 0.15) is 5.95 Å². The second-order valence-electron chi connectivity index (χ2n) is 3.26. The molecule has 0 fully saturated rings.